The molecule has 0 aliphatic heterocycles. The van der Waals surface area contributed by atoms with E-state index in [0.29, 0.717) is 31.0 Å². The predicted molar refractivity (Wildman–Crippen MR) is 58.6 cm³/mol. The second-order valence-corrected chi connectivity index (χ2v) is 4.45. The molecular weight excluding hydrogens is 192 g/mol. The maximum absolute atomic E-state index is 11.5. The molecule has 0 amide bonds. The summed E-state index contributed by atoms with van der Waals surface area (Å²) in [6.45, 7) is 4.30. The van der Waals surface area contributed by atoms with Crippen LogP contribution in [0.3, 0.4) is 0 Å². The van der Waals surface area contributed by atoms with Crippen LogP contribution in [0.25, 0.3) is 0 Å². The Hall–Kier alpha value is -0.410. The van der Waals surface area contributed by atoms with E-state index in [4.69, 9.17) is 9.47 Å². The lowest BCUT2D eigenvalue weighted by Gasteiger charge is -2.43. The minimum atomic E-state index is -0.538. The molecule has 1 fully saturated rings. The Kier molecular flexibility index (Phi) is 4.29. The SMILES string of the molecule is CCC(C)C1CC(=O)CCC1(OC)OC. The van der Waals surface area contributed by atoms with Crippen molar-refractivity contribution >= 4 is 5.78 Å². The Bertz CT molecular complexity index is 221. The third-order valence-corrected chi connectivity index (χ3v) is 3.79. The summed E-state index contributed by atoms with van der Waals surface area (Å²) in [6.07, 6.45) is 2.91. The molecule has 3 nitrogen and oxygen atoms in total. The van der Waals surface area contributed by atoms with Crippen LogP contribution in [0.5, 0.6) is 0 Å². The molecule has 0 bridgehead atoms. The number of rotatable bonds is 4. The second-order valence-electron chi connectivity index (χ2n) is 4.45. The minimum Gasteiger partial charge on any atom is -0.353 e. The van der Waals surface area contributed by atoms with E-state index in [-0.39, 0.29) is 5.92 Å². The van der Waals surface area contributed by atoms with E-state index in [1.807, 2.05) is 0 Å². The van der Waals surface area contributed by atoms with Crippen LogP contribution in [0.4, 0.5) is 0 Å². The molecule has 15 heavy (non-hydrogen) atoms. The Morgan fingerprint density at radius 2 is 2.07 bits per heavy atom. The van der Waals surface area contributed by atoms with Crippen LogP contribution >= 0.6 is 0 Å². The van der Waals surface area contributed by atoms with Gasteiger partial charge in [-0.25, -0.2) is 0 Å². The zero-order chi connectivity index (χ0) is 11.5. The maximum atomic E-state index is 11.5. The first-order valence-corrected chi connectivity index (χ1v) is 5.71. The normalized spacial score (nSPS) is 27.7. The largest absolute Gasteiger partial charge is 0.353 e. The van der Waals surface area contributed by atoms with Crippen molar-refractivity contribution in [1.82, 2.24) is 0 Å². The Morgan fingerprint density at radius 1 is 1.47 bits per heavy atom. The van der Waals surface area contributed by atoms with Crippen LogP contribution in [0.15, 0.2) is 0 Å². The van der Waals surface area contributed by atoms with Gasteiger partial charge in [0.2, 0.25) is 0 Å². The molecule has 3 heteroatoms. The van der Waals surface area contributed by atoms with E-state index < -0.39 is 5.79 Å². The summed E-state index contributed by atoms with van der Waals surface area (Å²) < 4.78 is 11.1. The van der Waals surface area contributed by atoms with Gasteiger partial charge in [-0.1, -0.05) is 20.3 Å². The first-order valence-electron chi connectivity index (χ1n) is 5.71. The quantitative estimate of drug-likeness (QED) is 0.674. The molecule has 0 spiro atoms. The minimum absolute atomic E-state index is 0.193. The lowest BCUT2D eigenvalue weighted by atomic mass is 9.74. The van der Waals surface area contributed by atoms with E-state index in [2.05, 4.69) is 13.8 Å². The molecular formula is C12H22O3. The molecule has 0 aromatic rings. The lowest BCUT2D eigenvalue weighted by Crippen LogP contribution is -2.49. The molecule has 1 aliphatic carbocycles. The summed E-state index contributed by atoms with van der Waals surface area (Å²) in [7, 11) is 3.35. The number of ketones is 1. The van der Waals surface area contributed by atoms with Crippen molar-refractivity contribution < 1.29 is 14.3 Å². The number of carbonyl (C=O) groups excluding carboxylic acids is 1. The first kappa shape index (κ1) is 12.7. The average Bonchev–Trinajstić information content (AvgIpc) is 2.28. The highest BCUT2D eigenvalue weighted by Gasteiger charge is 2.45. The summed E-state index contributed by atoms with van der Waals surface area (Å²) in [5.74, 6) is 0.446. The molecule has 0 N–H and O–H groups in total. The second kappa shape index (κ2) is 5.08. The van der Waals surface area contributed by atoms with Gasteiger partial charge in [0, 0.05) is 39.4 Å². The van der Waals surface area contributed by atoms with Crippen molar-refractivity contribution in [2.75, 3.05) is 14.2 Å². The first-order chi connectivity index (χ1) is 7.09. The van der Waals surface area contributed by atoms with Crippen LogP contribution in [0, 0.1) is 11.8 Å². The fourth-order valence-electron chi connectivity index (χ4n) is 2.51. The average molecular weight is 214 g/mol. The Balaban J connectivity index is 2.87. The number of hydrogen-bond acceptors (Lipinski definition) is 3. The van der Waals surface area contributed by atoms with Crippen LogP contribution in [-0.4, -0.2) is 25.8 Å². The van der Waals surface area contributed by atoms with Crippen molar-refractivity contribution in [1.29, 1.82) is 0 Å². The third kappa shape index (κ3) is 2.40. The van der Waals surface area contributed by atoms with Crippen molar-refractivity contribution in [3.05, 3.63) is 0 Å². The van der Waals surface area contributed by atoms with Gasteiger partial charge >= 0.3 is 0 Å². The van der Waals surface area contributed by atoms with Gasteiger partial charge in [-0.05, 0) is 5.92 Å². The fraction of sp³-hybridized carbons (Fsp3) is 0.917. The smallest absolute Gasteiger partial charge is 0.171 e. The van der Waals surface area contributed by atoms with Gasteiger partial charge < -0.3 is 9.47 Å². The molecule has 0 radical (unpaired) electrons. The third-order valence-electron chi connectivity index (χ3n) is 3.79. The number of Topliss-reactive ketones (excluding diaryl/α,β-unsaturated/α-hetero) is 1. The molecule has 0 aromatic carbocycles. The number of ether oxygens (including phenoxy) is 2. The molecule has 88 valence electrons. The molecule has 1 saturated carbocycles. The van der Waals surface area contributed by atoms with Crippen molar-refractivity contribution in [3.8, 4) is 0 Å². The summed E-state index contributed by atoms with van der Waals surface area (Å²) in [4.78, 5) is 11.5. The van der Waals surface area contributed by atoms with E-state index in [1.165, 1.54) is 0 Å². The standard InChI is InChI=1S/C12H22O3/c1-5-9(2)11-8-10(13)6-7-12(11,14-3)15-4/h9,11H,5-8H2,1-4H3. The van der Waals surface area contributed by atoms with Gasteiger partial charge in [-0.15, -0.1) is 0 Å². The topological polar surface area (TPSA) is 35.5 Å². The van der Waals surface area contributed by atoms with Gasteiger partial charge in [0.1, 0.15) is 5.78 Å². The molecule has 0 aromatic heterocycles. The van der Waals surface area contributed by atoms with Crippen LogP contribution in [0.1, 0.15) is 39.5 Å². The highest BCUT2D eigenvalue weighted by Crippen LogP contribution is 2.40. The summed E-state index contributed by atoms with van der Waals surface area (Å²) in [6, 6.07) is 0. The zero-order valence-corrected chi connectivity index (χ0v) is 10.2. The lowest BCUT2D eigenvalue weighted by molar-refractivity contribution is -0.259. The summed E-state index contributed by atoms with van der Waals surface area (Å²) in [5, 5.41) is 0. The molecule has 1 aliphatic rings. The molecule has 0 saturated heterocycles. The highest BCUT2D eigenvalue weighted by atomic mass is 16.7. The number of carbonyl (C=O) groups is 1. The molecule has 2 atom stereocenters. The number of hydrogen-bond donors (Lipinski definition) is 0. The molecule has 0 heterocycles. The van der Waals surface area contributed by atoms with Gasteiger partial charge in [-0.3, -0.25) is 4.79 Å². The summed E-state index contributed by atoms with van der Waals surface area (Å²) in [5.41, 5.74) is 0. The molecule has 1 rings (SSSR count). The van der Waals surface area contributed by atoms with Gasteiger partial charge in [0.15, 0.2) is 5.79 Å². The van der Waals surface area contributed by atoms with E-state index in [0.717, 1.165) is 6.42 Å². The van der Waals surface area contributed by atoms with Crippen molar-refractivity contribution in [2.24, 2.45) is 11.8 Å². The van der Waals surface area contributed by atoms with Crippen LogP contribution < -0.4 is 0 Å². The fourth-order valence-corrected chi connectivity index (χ4v) is 2.51. The Labute approximate surface area is 92.1 Å². The monoisotopic (exact) mass is 214 g/mol. The molecule has 2 unspecified atom stereocenters. The van der Waals surface area contributed by atoms with Crippen LogP contribution in [-0.2, 0) is 14.3 Å². The van der Waals surface area contributed by atoms with Gasteiger partial charge in [-0.2, -0.15) is 0 Å². The highest BCUT2D eigenvalue weighted by molar-refractivity contribution is 5.79. The van der Waals surface area contributed by atoms with E-state index >= 15 is 0 Å². The van der Waals surface area contributed by atoms with Crippen molar-refractivity contribution in [3.63, 3.8) is 0 Å². The zero-order valence-electron chi connectivity index (χ0n) is 10.2. The van der Waals surface area contributed by atoms with E-state index in [1.54, 1.807) is 14.2 Å². The van der Waals surface area contributed by atoms with Crippen molar-refractivity contribution in [2.45, 2.75) is 45.3 Å². The van der Waals surface area contributed by atoms with Gasteiger partial charge in [0.05, 0.1) is 0 Å². The number of methoxy groups -OCH3 is 2. The Morgan fingerprint density at radius 3 is 2.53 bits per heavy atom. The maximum Gasteiger partial charge on any atom is 0.171 e. The van der Waals surface area contributed by atoms with Crippen LogP contribution in [0.2, 0.25) is 0 Å². The van der Waals surface area contributed by atoms with Gasteiger partial charge in [0.25, 0.3) is 0 Å². The van der Waals surface area contributed by atoms with E-state index in [9.17, 15) is 4.79 Å². The predicted octanol–water partition coefficient (Wildman–Crippen LogP) is 2.39. The summed E-state index contributed by atoms with van der Waals surface area (Å²) >= 11 is 0.